The van der Waals surface area contributed by atoms with Crippen molar-refractivity contribution in [2.75, 3.05) is 4.72 Å². The maximum atomic E-state index is 12.1. The number of hydrogen-bond acceptors (Lipinski definition) is 5. The van der Waals surface area contributed by atoms with E-state index >= 15 is 0 Å². The van der Waals surface area contributed by atoms with Gasteiger partial charge in [0, 0.05) is 17.2 Å². The van der Waals surface area contributed by atoms with Crippen LogP contribution in [0.4, 0.5) is 5.82 Å². The van der Waals surface area contributed by atoms with E-state index in [-0.39, 0.29) is 10.0 Å². The van der Waals surface area contributed by atoms with Crippen LogP contribution in [0.3, 0.4) is 0 Å². The number of sulfonamides is 1. The van der Waals surface area contributed by atoms with Crippen LogP contribution in [0.2, 0.25) is 0 Å². The third kappa shape index (κ3) is 4.14. The van der Waals surface area contributed by atoms with Gasteiger partial charge in [-0.3, -0.25) is 4.72 Å². The van der Waals surface area contributed by atoms with Crippen LogP contribution < -0.4 is 4.72 Å². The number of nitrogens with zero attached hydrogens (tertiary/aromatic N) is 1. The summed E-state index contributed by atoms with van der Waals surface area (Å²) >= 11 is 1.16. The molecule has 2 N–H and O–H groups in total. The van der Waals surface area contributed by atoms with E-state index in [9.17, 15) is 13.2 Å². The minimum atomic E-state index is -3.67. The zero-order valence-corrected chi connectivity index (χ0v) is 12.6. The highest BCUT2D eigenvalue weighted by Gasteiger charge is 2.16. The lowest BCUT2D eigenvalue weighted by molar-refractivity contribution is -0.131. The van der Waals surface area contributed by atoms with Crippen LogP contribution in [0.15, 0.2) is 40.7 Å². The summed E-state index contributed by atoms with van der Waals surface area (Å²) in [5, 5.41) is 8.57. The molecule has 6 nitrogen and oxygen atoms in total. The normalized spacial score (nSPS) is 11.7. The Morgan fingerprint density at radius 2 is 2.14 bits per heavy atom. The maximum absolute atomic E-state index is 12.1. The van der Waals surface area contributed by atoms with E-state index < -0.39 is 16.0 Å². The standard InChI is InChI=1S/C13H12N2O4S2/c1-9-2-5-13(20-9)21(18,19)15-11-8-10(6-7-14-11)3-4-12(16)17/h2-8H,1H3,(H,14,15)(H,16,17)/b4-3+. The largest absolute Gasteiger partial charge is 0.478 e. The first-order chi connectivity index (χ1) is 9.87. The van der Waals surface area contributed by atoms with E-state index in [0.717, 1.165) is 22.3 Å². The highest BCUT2D eigenvalue weighted by molar-refractivity contribution is 7.94. The summed E-state index contributed by atoms with van der Waals surface area (Å²) in [5.41, 5.74) is 0.535. The van der Waals surface area contributed by atoms with E-state index in [0.29, 0.717) is 5.56 Å². The topological polar surface area (TPSA) is 96.4 Å². The van der Waals surface area contributed by atoms with Crippen molar-refractivity contribution in [1.29, 1.82) is 0 Å². The van der Waals surface area contributed by atoms with Crippen molar-refractivity contribution in [3.05, 3.63) is 47.0 Å². The molecule has 0 saturated heterocycles. The van der Waals surface area contributed by atoms with Gasteiger partial charge in [-0.05, 0) is 42.8 Å². The van der Waals surface area contributed by atoms with Crippen molar-refractivity contribution < 1.29 is 18.3 Å². The molecule has 0 aliphatic heterocycles. The number of nitrogens with one attached hydrogen (secondary N) is 1. The predicted octanol–water partition coefficient (Wildman–Crippen LogP) is 2.35. The Morgan fingerprint density at radius 3 is 2.76 bits per heavy atom. The fourth-order valence-corrected chi connectivity index (χ4v) is 3.80. The molecular formula is C13H12N2O4S2. The Morgan fingerprint density at radius 1 is 1.38 bits per heavy atom. The quantitative estimate of drug-likeness (QED) is 0.823. The van der Waals surface area contributed by atoms with Gasteiger partial charge in [-0.25, -0.2) is 18.2 Å². The zero-order chi connectivity index (χ0) is 15.5. The van der Waals surface area contributed by atoms with Gasteiger partial charge in [0.1, 0.15) is 10.0 Å². The van der Waals surface area contributed by atoms with Crippen molar-refractivity contribution in [2.24, 2.45) is 0 Å². The molecule has 0 aromatic carbocycles. The summed E-state index contributed by atoms with van der Waals surface area (Å²) in [5.74, 6) is -0.948. The smallest absolute Gasteiger partial charge is 0.328 e. The number of aliphatic carboxylic acids is 1. The van der Waals surface area contributed by atoms with E-state index in [4.69, 9.17) is 5.11 Å². The van der Waals surface area contributed by atoms with Crippen molar-refractivity contribution in [2.45, 2.75) is 11.1 Å². The minimum Gasteiger partial charge on any atom is -0.478 e. The number of carbonyl (C=O) groups is 1. The molecule has 2 heterocycles. The molecule has 0 unspecified atom stereocenters. The van der Waals surface area contributed by atoms with E-state index in [1.54, 1.807) is 12.1 Å². The van der Waals surface area contributed by atoms with Gasteiger partial charge in [-0.1, -0.05) is 0 Å². The van der Waals surface area contributed by atoms with Gasteiger partial charge in [-0.15, -0.1) is 11.3 Å². The van der Waals surface area contributed by atoms with E-state index in [1.165, 1.54) is 24.4 Å². The molecule has 0 aliphatic rings. The molecule has 0 aliphatic carbocycles. The first kappa shape index (κ1) is 15.2. The Balaban J connectivity index is 2.23. The van der Waals surface area contributed by atoms with Crippen molar-refractivity contribution in [1.82, 2.24) is 4.98 Å². The highest BCUT2D eigenvalue weighted by Crippen LogP contribution is 2.23. The molecule has 0 atom stereocenters. The minimum absolute atomic E-state index is 0.133. The molecule has 0 spiro atoms. The third-order valence-electron chi connectivity index (χ3n) is 2.42. The molecule has 110 valence electrons. The van der Waals surface area contributed by atoms with Crippen LogP contribution in [-0.2, 0) is 14.8 Å². The summed E-state index contributed by atoms with van der Waals surface area (Å²) in [6.45, 7) is 1.82. The molecule has 0 amide bonds. The number of carboxylic acid groups (broad SMARTS) is 1. The third-order valence-corrected chi connectivity index (χ3v) is 5.27. The fourth-order valence-electron chi connectivity index (χ4n) is 1.52. The van der Waals surface area contributed by atoms with Crippen LogP contribution in [0, 0.1) is 6.92 Å². The van der Waals surface area contributed by atoms with Gasteiger partial charge >= 0.3 is 5.97 Å². The highest BCUT2D eigenvalue weighted by atomic mass is 32.2. The molecule has 2 aromatic rings. The van der Waals surface area contributed by atoms with Crippen molar-refractivity contribution >= 4 is 39.2 Å². The second-order valence-electron chi connectivity index (χ2n) is 4.12. The van der Waals surface area contributed by atoms with Gasteiger partial charge < -0.3 is 5.11 Å². The number of anilines is 1. The van der Waals surface area contributed by atoms with Crippen LogP contribution >= 0.6 is 11.3 Å². The first-order valence-electron chi connectivity index (χ1n) is 5.83. The van der Waals surface area contributed by atoms with E-state index in [2.05, 4.69) is 9.71 Å². The van der Waals surface area contributed by atoms with Gasteiger partial charge in [-0.2, -0.15) is 0 Å². The monoisotopic (exact) mass is 324 g/mol. The number of hydrogen-bond donors (Lipinski definition) is 2. The van der Waals surface area contributed by atoms with Crippen LogP contribution in [0.1, 0.15) is 10.4 Å². The molecule has 0 radical (unpaired) electrons. The fraction of sp³-hybridized carbons (Fsp3) is 0.0769. The molecule has 8 heteroatoms. The van der Waals surface area contributed by atoms with Gasteiger partial charge in [0.2, 0.25) is 0 Å². The molecule has 0 saturated carbocycles. The molecule has 0 bridgehead atoms. The Labute approximate surface area is 125 Å². The maximum Gasteiger partial charge on any atom is 0.328 e. The Bertz CT molecular complexity index is 794. The number of aryl methyl sites for hydroxylation is 1. The molecule has 0 fully saturated rings. The summed E-state index contributed by atoms with van der Waals surface area (Å²) < 4.78 is 26.8. The molecular weight excluding hydrogens is 312 g/mol. The number of carboxylic acids is 1. The lowest BCUT2D eigenvalue weighted by Crippen LogP contribution is -2.12. The van der Waals surface area contributed by atoms with Gasteiger partial charge in [0.15, 0.2) is 0 Å². The second-order valence-corrected chi connectivity index (χ2v) is 7.31. The van der Waals surface area contributed by atoms with Crippen LogP contribution in [-0.4, -0.2) is 24.5 Å². The SMILES string of the molecule is Cc1ccc(S(=O)(=O)Nc2cc(/C=C/C(=O)O)ccn2)s1. The summed E-state index contributed by atoms with van der Waals surface area (Å²) in [4.78, 5) is 15.3. The summed E-state index contributed by atoms with van der Waals surface area (Å²) in [7, 11) is -3.67. The summed E-state index contributed by atoms with van der Waals surface area (Å²) in [6.07, 6.45) is 3.73. The number of pyridine rings is 1. The van der Waals surface area contributed by atoms with Crippen LogP contribution in [0.25, 0.3) is 6.08 Å². The first-order valence-corrected chi connectivity index (χ1v) is 8.13. The van der Waals surface area contributed by atoms with Crippen molar-refractivity contribution in [3.63, 3.8) is 0 Å². The number of rotatable bonds is 5. The lowest BCUT2D eigenvalue weighted by atomic mass is 10.2. The average molecular weight is 324 g/mol. The van der Waals surface area contributed by atoms with Gasteiger partial charge in [0.25, 0.3) is 10.0 Å². The van der Waals surface area contributed by atoms with E-state index in [1.807, 2.05) is 6.92 Å². The average Bonchev–Trinajstić information content (AvgIpc) is 2.84. The predicted molar refractivity (Wildman–Crippen MR) is 80.8 cm³/mol. The second kappa shape index (κ2) is 6.06. The Hall–Kier alpha value is -2.19. The molecule has 2 aromatic heterocycles. The number of thiophene rings is 1. The Kier molecular flexibility index (Phi) is 4.39. The molecule has 2 rings (SSSR count). The zero-order valence-electron chi connectivity index (χ0n) is 11.0. The van der Waals surface area contributed by atoms with Gasteiger partial charge in [0.05, 0.1) is 0 Å². The molecule has 21 heavy (non-hydrogen) atoms. The van der Waals surface area contributed by atoms with Crippen LogP contribution in [0.5, 0.6) is 0 Å². The summed E-state index contributed by atoms with van der Waals surface area (Å²) in [6, 6.07) is 6.28. The number of aromatic nitrogens is 1. The lowest BCUT2D eigenvalue weighted by Gasteiger charge is -2.05. The van der Waals surface area contributed by atoms with Crippen molar-refractivity contribution in [3.8, 4) is 0 Å².